The van der Waals surface area contributed by atoms with Crippen molar-refractivity contribution < 1.29 is 9.47 Å². The number of benzene rings is 1. The Bertz CT molecular complexity index is 1020. The van der Waals surface area contributed by atoms with Gasteiger partial charge in [0.15, 0.2) is 0 Å². The fraction of sp³-hybridized carbons (Fsp3) is 0.300. The highest BCUT2D eigenvalue weighted by Gasteiger charge is 2.32. The van der Waals surface area contributed by atoms with Crippen LogP contribution in [0, 0.1) is 6.92 Å². The van der Waals surface area contributed by atoms with Gasteiger partial charge in [-0.15, -0.1) is 0 Å². The molecule has 1 aliphatic rings. The van der Waals surface area contributed by atoms with Crippen LogP contribution in [0.5, 0.6) is 5.75 Å². The molecule has 8 nitrogen and oxygen atoms in total. The molecule has 0 amide bonds. The first kappa shape index (κ1) is 18.1. The van der Waals surface area contributed by atoms with Gasteiger partial charge in [0.05, 0.1) is 32.1 Å². The monoisotopic (exact) mass is 379 g/mol. The number of ether oxygens (including phenoxy) is 2. The second kappa shape index (κ2) is 7.77. The molecule has 1 N–H and O–H groups in total. The standard InChI is InChI=1S/C20H21N5O3/c1-13-9-21-20(22-10-13)23-17-11-28-12-18(17)25-19(26)7-6-16(24-25)14-4-3-5-15(8-14)27-2/h3-10,17-18H,11-12H2,1-2H3,(H,21,22,23). The third-order valence-electron chi connectivity index (χ3n) is 4.65. The molecule has 3 aromatic rings. The lowest BCUT2D eigenvalue weighted by Gasteiger charge is -2.20. The summed E-state index contributed by atoms with van der Waals surface area (Å²) < 4.78 is 12.4. The average molecular weight is 379 g/mol. The maximum Gasteiger partial charge on any atom is 0.267 e. The lowest BCUT2D eigenvalue weighted by molar-refractivity contribution is 0.183. The Balaban J connectivity index is 1.63. The smallest absolute Gasteiger partial charge is 0.267 e. The first-order valence-electron chi connectivity index (χ1n) is 9.01. The minimum Gasteiger partial charge on any atom is -0.497 e. The molecule has 0 spiro atoms. The molecule has 1 aromatic carbocycles. The Morgan fingerprint density at radius 1 is 1.18 bits per heavy atom. The largest absolute Gasteiger partial charge is 0.497 e. The Hall–Kier alpha value is -3.26. The van der Waals surface area contributed by atoms with E-state index in [9.17, 15) is 4.79 Å². The van der Waals surface area contributed by atoms with Crippen molar-refractivity contribution in [3.05, 3.63) is 64.7 Å². The van der Waals surface area contributed by atoms with E-state index in [4.69, 9.17) is 9.47 Å². The van der Waals surface area contributed by atoms with E-state index in [1.807, 2.05) is 31.2 Å². The van der Waals surface area contributed by atoms with Crippen LogP contribution in [-0.2, 0) is 4.74 Å². The van der Waals surface area contributed by atoms with Crippen molar-refractivity contribution >= 4 is 5.95 Å². The molecule has 2 atom stereocenters. The van der Waals surface area contributed by atoms with Crippen LogP contribution in [0.1, 0.15) is 11.6 Å². The Morgan fingerprint density at radius 2 is 2.00 bits per heavy atom. The number of aromatic nitrogens is 4. The summed E-state index contributed by atoms with van der Waals surface area (Å²) in [5.74, 6) is 1.24. The third-order valence-corrected chi connectivity index (χ3v) is 4.65. The molecule has 1 fully saturated rings. The molecule has 1 saturated heterocycles. The molecule has 0 radical (unpaired) electrons. The number of hydrogen-bond acceptors (Lipinski definition) is 7. The molecule has 8 heteroatoms. The quantitative estimate of drug-likeness (QED) is 0.726. The minimum atomic E-state index is -0.261. The van der Waals surface area contributed by atoms with Gasteiger partial charge in [-0.3, -0.25) is 4.79 Å². The second-order valence-corrected chi connectivity index (χ2v) is 6.67. The fourth-order valence-electron chi connectivity index (χ4n) is 3.15. The van der Waals surface area contributed by atoms with Gasteiger partial charge in [0, 0.05) is 24.0 Å². The number of aryl methyl sites for hydroxylation is 1. The number of nitrogens with zero attached hydrogens (tertiary/aromatic N) is 4. The Kier molecular flexibility index (Phi) is 5.03. The van der Waals surface area contributed by atoms with Crippen molar-refractivity contribution in [1.29, 1.82) is 0 Å². The van der Waals surface area contributed by atoms with Gasteiger partial charge >= 0.3 is 0 Å². The van der Waals surface area contributed by atoms with E-state index < -0.39 is 0 Å². The highest BCUT2D eigenvalue weighted by Crippen LogP contribution is 2.24. The van der Waals surface area contributed by atoms with E-state index in [2.05, 4.69) is 20.4 Å². The molecule has 0 bridgehead atoms. The Morgan fingerprint density at radius 3 is 2.79 bits per heavy atom. The molecule has 0 aliphatic carbocycles. The van der Waals surface area contributed by atoms with Crippen molar-refractivity contribution in [2.24, 2.45) is 0 Å². The van der Waals surface area contributed by atoms with Gasteiger partial charge in [-0.2, -0.15) is 5.10 Å². The van der Waals surface area contributed by atoms with E-state index in [1.165, 1.54) is 10.7 Å². The van der Waals surface area contributed by atoms with Crippen LogP contribution in [0.25, 0.3) is 11.3 Å². The van der Waals surface area contributed by atoms with Gasteiger partial charge in [-0.05, 0) is 30.7 Å². The van der Waals surface area contributed by atoms with E-state index >= 15 is 0 Å². The first-order valence-corrected chi connectivity index (χ1v) is 9.01. The Labute approximate surface area is 162 Å². The number of nitrogens with one attached hydrogen (secondary N) is 1. The van der Waals surface area contributed by atoms with E-state index in [0.717, 1.165) is 16.9 Å². The summed E-state index contributed by atoms with van der Waals surface area (Å²) in [6.07, 6.45) is 3.49. The summed E-state index contributed by atoms with van der Waals surface area (Å²) in [7, 11) is 1.62. The lowest BCUT2D eigenvalue weighted by Crippen LogP contribution is -2.37. The van der Waals surface area contributed by atoms with Gasteiger partial charge < -0.3 is 14.8 Å². The predicted molar refractivity (Wildman–Crippen MR) is 105 cm³/mol. The van der Waals surface area contributed by atoms with Gasteiger partial charge in [-0.1, -0.05) is 12.1 Å². The summed E-state index contributed by atoms with van der Waals surface area (Å²) >= 11 is 0. The number of hydrogen-bond donors (Lipinski definition) is 1. The highest BCUT2D eigenvalue weighted by atomic mass is 16.5. The highest BCUT2D eigenvalue weighted by molar-refractivity contribution is 5.60. The van der Waals surface area contributed by atoms with Crippen molar-refractivity contribution in [3.63, 3.8) is 0 Å². The van der Waals surface area contributed by atoms with Crippen molar-refractivity contribution in [2.45, 2.75) is 19.0 Å². The molecule has 1 aliphatic heterocycles. The lowest BCUT2D eigenvalue weighted by atomic mass is 10.1. The fourth-order valence-corrected chi connectivity index (χ4v) is 3.15. The van der Waals surface area contributed by atoms with Gasteiger partial charge in [0.1, 0.15) is 11.8 Å². The molecular weight excluding hydrogens is 358 g/mol. The summed E-state index contributed by atoms with van der Waals surface area (Å²) in [6, 6.07) is 10.4. The van der Waals surface area contributed by atoms with Crippen molar-refractivity contribution in [3.8, 4) is 17.0 Å². The predicted octanol–water partition coefficient (Wildman–Crippen LogP) is 2.07. The summed E-state index contributed by atoms with van der Waals surface area (Å²) in [5.41, 5.74) is 2.36. The van der Waals surface area contributed by atoms with Crippen molar-refractivity contribution in [2.75, 3.05) is 25.6 Å². The van der Waals surface area contributed by atoms with E-state index in [1.54, 1.807) is 25.6 Å². The van der Waals surface area contributed by atoms with Gasteiger partial charge in [0.2, 0.25) is 5.95 Å². The van der Waals surface area contributed by atoms with E-state index in [0.29, 0.717) is 24.9 Å². The van der Waals surface area contributed by atoms with Crippen LogP contribution >= 0.6 is 0 Å². The molecule has 144 valence electrons. The normalized spacial score (nSPS) is 18.8. The molecule has 2 aromatic heterocycles. The summed E-state index contributed by atoms with van der Waals surface area (Å²) in [5, 5.41) is 7.85. The second-order valence-electron chi connectivity index (χ2n) is 6.67. The first-order chi connectivity index (χ1) is 13.6. The van der Waals surface area contributed by atoms with Crippen LogP contribution in [-0.4, -0.2) is 46.1 Å². The molecule has 3 heterocycles. The summed E-state index contributed by atoms with van der Waals surface area (Å²) in [6.45, 7) is 2.76. The zero-order valence-electron chi connectivity index (χ0n) is 15.7. The number of methoxy groups -OCH3 is 1. The minimum absolute atomic E-state index is 0.159. The molecule has 0 saturated carbocycles. The zero-order valence-corrected chi connectivity index (χ0v) is 15.7. The van der Waals surface area contributed by atoms with Crippen LogP contribution in [0.3, 0.4) is 0 Å². The van der Waals surface area contributed by atoms with Gasteiger partial charge in [0.25, 0.3) is 5.56 Å². The van der Waals surface area contributed by atoms with Crippen LogP contribution in [0.15, 0.2) is 53.6 Å². The molecular formula is C20H21N5O3. The molecule has 28 heavy (non-hydrogen) atoms. The number of rotatable bonds is 5. The van der Waals surface area contributed by atoms with Crippen LogP contribution < -0.4 is 15.6 Å². The van der Waals surface area contributed by atoms with Crippen LogP contribution in [0.4, 0.5) is 5.95 Å². The van der Waals surface area contributed by atoms with Crippen molar-refractivity contribution in [1.82, 2.24) is 19.7 Å². The SMILES string of the molecule is COc1cccc(-c2ccc(=O)n(C3COCC3Nc3ncc(C)cn3)n2)c1. The maximum atomic E-state index is 12.5. The summed E-state index contributed by atoms with van der Waals surface area (Å²) in [4.78, 5) is 21.1. The van der Waals surface area contributed by atoms with Crippen LogP contribution in [0.2, 0.25) is 0 Å². The average Bonchev–Trinajstić information content (AvgIpc) is 3.18. The topological polar surface area (TPSA) is 91.2 Å². The molecule has 2 unspecified atom stereocenters. The molecule has 4 rings (SSSR count). The number of anilines is 1. The third kappa shape index (κ3) is 3.72. The maximum absolute atomic E-state index is 12.5. The van der Waals surface area contributed by atoms with E-state index in [-0.39, 0.29) is 17.6 Å². The van der Waals surface area contributed by atoms with Gasteiger partial charge in [-0.25, -0.2) is 14.6 Å². The zero-order chi connectivity index (χ0) is 19.5.